The van der Waals surface area contributed by atoms with Gasteiger partial charge in [0.15, 0.2) is 0 Å². The van der Waals surface area contributed by atoms with E-state index in [0.29, 0.717) is 54.3 Å². The predicted octanol–water partition coefficient (Wildman–Crippen LogP) is 7.33. The van der Waals surface area contributed by atoms with Crippen LogP contribution in [-0.4, -0.2) is 82.2 Å². The summed E-state index contributed by atoms with van der Waals surface area (Å²) in [6.45, 7) is 10.3. The van der Waals surface area contributed by atoms with Gasteiger partial charge in [0, 0.05) is 92.8 Å². The van der Waals surface area contributed by atoms with Gasteiger partial charge in [0.2, 0.25) is 0 Å². The van der Waals surface area contributed by atoms with Crippen molar-refractivity contribution < 1.29 is 22.0 Å². The summed E-state index contributed by atoms with van der Waals surface area (Å²) in [5.74, 6) is -1.16. The first-order valence-electron chi connectivity index (χ1n) is 16.8. The van der Waals surface area contributed by atoms with E-state index in [1.54, 1.807) is 6.07 Å². The summed E-state index contributed by atoms with van der Waals surface area (Å²) >= 11 is 1.11. The first-order valence-corrected chi connectivity index (χ1v) is 17.6. The van der Waals surface area contributed by atoms with Crippen molar-refractivity contribution in [2.75, 3.05) is 50.7 Å². The Balaban J connectivity index is 1.04. The van der Waals surface area contributed by atoms with E-state index < -0.39 is 18.5 Å². The van der Waals surface area contributed by atoms with E-state index in [1.807, 2.05) is 17.6 Å². The monoisotopic (exact) mass is 685 g/mol. The Morgan fingerprint density at radius 2 is 1.69 bits per heavy atom. The summed E-state index contributed by atoms with van der Waals surface area (Å²) in [5, 5.41) is 11.7. The zero-order chi connectivity index (χ0) is 33.8. The molecule has 7 rings (SSSR count). The van der Waals surface area contributed by atoms with Gasteiger partial charge in [-0.1, -0.05) is 13.0 Å². The smallest absolute Gasteiger partial charge is 0.355 e. The second-order valence-corrected chi connectivity index (χ2v) is 15.1. The molecule has 1 spiro atoms. The Hall–Kier alpha value is -3.34. The SMILES string of the molecule is CCc1nc(N2CCC3(CCN(Cc4ccc5c(cc(C#N)n5CCN5CCC(F)(F)CC5)c4C)C3)C2)c2cc(CC(F)(F)F)sc2n1. The van der Waals surface area contributed by atoms with Gasteiger partial charge in [-0.15, -0.1) is 11.3 Å². The molecule has 0 bridgehead atoms. The number of aromatic nitrogens is 3. The Kier molecular flexibility index (Phi) is 8.65. The molecular formula is C35H40F5N7S. The molecule has 3 fully saturated rings. The number of halogens is 5. The lowest BCUT2D eigenvalue weighted by Gasteiger charge is -2.31. The van der Waals surface area contributed by atoms with Gasteiger partial charge in [-0.05, 0) is 55.6 Å². The van der Waals surface area contributed by atoms with Crippen molar-refractivity contribution in [2.45, 2.75) is 77.6 Å². The molecule has 3 saturated heterocycles. The zero-order valence-corrected chi connectivity index (χ0v) is 28.2. The van der Waals surface area contributed by atoms with Gasteiger partial charge < -0.3 is 14.4 Å². The Bertz CT molecular complexity index is 1860. The third-order valence-electron chi connectivity index (χ3n) is 10.6. The van der Waals surface area contributed by atoms with Crippen LogP contribution < -0.4 is 4.90 Å². The topological polar surface area (TPSA) is 64.2 Å². The highest BCUT2D eigenvalue weighted by Gasteiger charge is 2.44. The molecule has 0 N–H and O–H groups in total. The van der Waals surface area contributed by atoms with Crippen molar-refractivity contribution in [3.8, 4) is 6.07 Å². The van der Waals surface area contributed by atoms with Crippen LogP contribution in [0.2, 0.25) is 0 Å². The summed E-state index contributed by atoms with van der Waals surface area (Å²) in [7, 11) is 0. The van der Waals surface area contributed by atoms with Crippen LogP contribution in [0.1, 0.15) is 60.1 Å². The van der Waals surface area contributed by atoms with Crippen LogP contribution >= 0.6 is 11.3 Å². The first kappa shape index (κ1) is 33.2. The molecule has 3 aliphatic heterocycles. The number of aryl methyl sites for hydroxylation is 2. The lowest BCUT2D eigenvalue weighted by atomic mass is 9.86. The van der Waals surface area contributed by atoms with Gasteiger partial charge in [-0.3, -0.25) is 4.90 Å². The van der Waals surface area contributed by atoms with Crippen molar-refractivity contribution >= 4 is 38.3 Å². The minimum Gasteiger partial charge on any atom is -0.355 e. The fourth-order valence-electron chi connectivity index (χ4n) is 7.91. The highest BCUT2D eigenvalue weighted by atomic mass is 32.1. The van der Waals surface area contributed by atoms with Crippen molar-refractivity contribution in [1.29, 1.82) is 5.26 Å². The second kappa shape index (κ2) is 12.5. The van der Waals surface area contributed by atoms with Crippen LogP contribution in [0.3, 0.4) is 0 Å². The van der Waals surface area contributed by atoms with E-state index in [9.17, 15) is 27.2 Å². The van der Waals surface area contributed by atoms with E-state index >= 15 is 0 Å². The number of nitrogens with zero attached hydrogens (tertiary/aromatic N) is 7. The molecule has 1 aromatic carbocycles. The lowest BCUT2D eigenvalue weighted by molar-refractivity contribution is -0.126. The number of benzene rings is 1. The number of piperidine rings is 1. The fraction of sp³-hybridized carbons (Fsp3) is 0.571. The van der Waals surface area contributed by atoms with Crippen LogP contribution in [-0.2, 0) is 25.9 Å². The number of likely N-dealkylation sites (tertiary alicyclic amines) is 2. The standard InChI is InChI=1S/C35H40F5N7S/c1-3-30-42-31(28-17-26(18-35(38,39)40)48-32(28)43-30)46-13-7-33(22-46)6-10-45(21-33)20-24-4-5-29-27(23(24)2)16-25(19-41)47(29)15-14-44-11-8-34(36,37)9-12-44/h4-5,16-17H,3,6-15,18,20-22H2,1-2H3. The van der Waals surface area contributed by atoms with Gasteiger partial charge in [-0.2, -0.15) is 18.4 Å². The number of nitriles is 1. The molecule has 3 aliphatic rings. The maximum absolute atomic E-state index is 13.6. The van der Waals surface area contributed by atoms with Crippen molar-refractivity contribution in [3.05, 3.63) is 51.8 Å². The van der Waals surface area contributed by atoms with Gasteiger partial charge >= 0.3 is 6.18 Å². The average Bonchev–Trinajstić information content (AvgIpc) is 3.82. The molecule has 13 heteroatoms. The first-order chi connectivity index (χ1) is 22.8. The Labute approximate surface area is 280 Å². The third kappa shape index (κ3) is 6.63. The van der Waals surface area contributed by atoms with Crippen LogP contribution in [0.5, 0.6) is 0 Å². The van der Waals surface area contributed by atoms with Crippen LogP contribution in [0.25, 0.3) is 21.1 Å². The Morgan fingerprint density at radius 1 is 0.938 bits per heavy atom. The van der Waals surface area contributed by atoms with Gasteiger partial charge in [0.05, 0.1) is 11.8 Å². The molecule has 48 heavy (non-hydrogen) atoms. The van der Waals surface area contributed by atoms with E-state index in [0.717, 1.165) is 79.2 Å². The molecule has 0 amide bonds. The molecule has 4 aromatic rings. The normalized spacial score (nSPS) is 22.1. The van der Waals surface area contributed by atoms with Crippen LogP contribution in [0.15, 0.2) is 24.3 Å². The molecule has 3 aromatic heterocycles. The van der Waals surface area contributed by atoms with Crippen molar-refractivity contribution in [1.82, 2.24) is 24.3 Å². The zero-order valence-electron chi connectivity index (χ0n) is 27.3. The maximum atomic E-state index is 13.6. The molecule has 256 valence electrons. The number of hydrogen-bond acceptors (Lipinski definition) is 7. The molecule has 6 heterocycles. The molecular weight excluding hydrogens is 645 g/mol. The summed E-state index contributed by atoms with van der Waals surface area (Å²) < 4.78 is 68.8. The van der Waals surface area contributed by atoms with Gasteiger partial charge in [-0.25, -0.2) is 18.7 Å². The van der Waals surface area contributed by atoms with E-state index in [-0.39, 0.29) is 23.1 Å². The van der Waals surface area contributed by atoms with Crippen LogP contribution in [0, 0.1) is 23.7 Å². The Morgan fingerprint density at radius 3 is 2.42 bits per heavy atom. The average molecular weight is 686 g/mol. The minimum absolute atomic E-state index is 0.0855. The lowest BCUT2D eigenvalue weighted by Crippen LogP contribution is -2.40. The minimum atomic E-state index is -4.27. The summed E-state index contributed by atoms with van der Waals surface area (Å²) in [5.41, 5.74) is 4.03. The number of alkyl halides is 5. The number of fused-ring (bicyclic) bond motifs is 2. The molecule has 0 saturated carbocycles. The largest absolute Gasteiger partial charge is 0.393 e. The molecule has 0 aliphatic carbocycles. The second-order valence-electron chi connectivity index (χ2n) is 13.9. The number of anilines is 1. The highest BCUT2D eigenvalue weighted by Crippen LogP contribution is 2.44. The summed E-state index contributed by atoms with van der Waals surface area (Å²) in [6, 6.07) is 10.2. The maximum Gasteiger partial charge on any atom is 0.393 e. The molecule has 1 atom stereocenters. The summed E-state index contributed by atoms with van der Waals surface area (Å²) in [4.78, 5) is 17.1. The van der Waals surface area contributed by atoms with Gasteiger partial charge in [0.1, 0.15) is 28.2 Å². The molecule has 7 nitrogen and oxygen atoms in total. The quantitative estimate of drug-likeness (QED) is 0.181. The number of rotatable bonds is 8. The van der Waals surface area contributed by atoms with Gasteiger partial charge in [0.25, 0.3) is 5.92 Å². The third-order valence-corrected chi connectivity index (χ3v) is 11.6. The van der Waals surface area contributed by atoms with E-state index in [4.69, 9.17) is 4.98 Å². The van der Waals surface area contributed by atoms with E-state index in [1.165, 1.54) is 5.56 Å². The number of thiophene rings is 1. The highest BCUT2D eigenvalue weighted by molar-refractivity contribution is 7.18. The fourth-order valence-corrected chi connectivity index (χ4v) is 8.98. The van der Waals surface area contributed by atoms with E-state index in [2.05, 4.69) is 44.8 Å². The molecule has 0 radical (unpaired) electrons. The predicted molar refractivity (Wildman–Crippen MR) is 178 cm³/mol. The van der Waals surface area contributed by atoms with Crippen molar-refractivity contribution in [2.24, 2.45) is 5.41 Å². The van der Waals surface area contributed by atoms with Crippen LogP contribution in [0.4, 0.5) is 27.8 Å². The summed E-state index contributed by atoms with van der Waals surface area (Å²) in [6.07, 6.45) is -2.80. The molecule has 1 unspecified atom stereocenters. The van der Waals surface area contributed by atoms with Crippen molar-refractivity contribution in [3.63, 3.8) is 0 Å². The number of hydrogen-bond donors (Lipinski definition) is 0.